The Morgan fingerprint density at radius 1 is 0.560 bits per heavy atom. The fourth-order valence-electron chi connectivity index (χ4n) is 3.26. The molecular weight excluding hydrogens is 324 g/mol. The van der Waals surface area contributed by atoms with E-state index in [1.807, 2.05) is 11.8 Å². The molecule has 0 aliphatic carbocycles. The van der Waals surface area contributed by atoms with Gasteiger partial charge in [-0.05, 0) is 24.3 Å². The molecule has 2 aromatic heterocycles. The van der Waals surface area contributed by atoms with Crippen molar-refractivity contribution in [2.24, 2.45) is 0 Å². The van der Waals surface area contributed by atoms with Crippen LogP contribution in [0.2, 0.25) is 0 Å². The molecule has 0 saturated carbocycles. The number of fused-ring (bicyclic) bond motifs is 2. The van der Waals surface area contributed by atoms with E-state index in [4.69, 9.17) is 0 Å². The normalized spacial score (nSPS) is 11.2. The fraction of sp³-hybridized carbons (Fsp3) is 0.182. The summed E-state index contributed by atoms with van der Waals surface area (Å²) in [5, 5.41) is 2.61. The third-order valence-corrected chi connectivity index (χ3v) is 5.47. The molecule has 0 bridgehead atoms. The van der Waals surface area contributed by atoms with Crippen molar-refractivity contribution >= 4 is 33.6 Å². The molecule has 2 nitrogen and oxygen atoms in total. The lowest BCUT2D eigenvalue weighted by atomic mass is 10.2. The summed E-state index contributed by atoms with van der Waals surface area (Å²) in [6.07, 6.45) is 4.37. The maximum absolute atomic E-state index is 2.35. The van der Waals surface area contributed by atoms with Crippen LogP contribution in [0.5, 0.6) is 0 Å². The molecule has 0 spiro atoms. The van der Waals surface area contributed by atoms with Gasteiger partial charge in [0.25, 0.3) is 0 Å². The van der Waals surface area contributed by atoms with Gasteiger partial charge in [-0.1, -0.05) is 24.3 Å². The third kappa shape index (κ3) is 3.67. The van der Waals surface area contributed by atoms with Crippen LogP contribution in [0.3, 0.4) is 0 Å². The molecular formula is C22H22N2S+2. The van der Waals surface area contributed by atoms with E-state index in [2.05, 4.69) is 94.3 Å². The van der Waals surface area contributed by atoms with Gasteiger partial charge < -0.3 is 0 Å². The zero-order valence-corrected chi connectivity index (χ0v) is 15.0. The van der Waals surface area contributed by atoms with Gasteiger partial charge in [-0.3, -0.25) is 0 Å². The summed E-state index contributed by atoms with van der Waals surface area (Å²) in [7, 11) is 0. The van der Waals surface area contributed by atoms with Gasteiger partial charge in [0.1, 0.15) is 0 Å². The standard InChI is InChI=1S/C22H22N2S/c1-3-11-21-19(7-1)9-5-13-23(21)15-17-25-18-16-24-14-6-10-20-8-2-4-12-22(20)24/h1-14H,15-18H2/q+2. The molecule has 2 heterocycles. The Labute approximate surface area is 152 Å². The van der Waals surface area contributed by atoms with Crippen molar-refractivity contribution in [1.29, 1.82) is 0 Å². The first-order valence-corrected chi connectivity index (χ1v) is 9.89. The summed E-state index contributed by atoms with van der Waals surface area (Å²) >= 11 is 2.02. The molecule has 0 N–H and O–H groups in total. The summed E-state index contributed by atoms with van der Waals surface area (Å²) in [5.41, 5.74) is 2.63. The molecule has 124 valence electrons. The number of para-hydroxylation sites is 2. The fourth-order valence-corrected chi connectivity index (χ4v) is 4.12. The Kier molecular flexibility index (Phi) is 4.93. The van der Waals surface area contributed by atoms with Crippen LogP contribution in [0.4, 0.5) is 0 Å². The first-order chi connectivity index (χ1) is 12.4. The smallest absolute Gasteiger partial charge is 0.197 e. The minimum Gasteiger partial charge on any atom is -0.197 e. The monoisotopic (exact) mass is 346 g/mol. The minimum absolute atomic E-state index is 1.05. The van der Waals surface area contributed by atoms with Gasteiger partial charge in [0.15, 0.2) is 25.5 Å². The molecule has 0 unspecified atom stereocenters. The van der Waals surface area contributed by atoms with Crippen molar-refractivity contribution in [3.05, 3.63) is 85.2 Å². The van der Waals surface area contributed by atoms with E-state index < -0.39 is 0 Å². The van der Waals surface area contributed by atoms with Crippen LogP contribution in [0.1, 0.15) is 0 Å². The zero-order valence-electron chi connectivity index (χ0n) is 14.2. The summed E-state index contributed by atoms with van der Waals surface area (Å²) in [5.74, 6) is 2.26. The highest BCUT2D eigenvalue weighted by molar-refractivity contribution is 7.99. The van der Waals surface area contributed by atoms with Crippen molar-refractivity contribution in [2.45, 2.75) is 13.1 Å². The summed E-state index contributed by atoms with van der Waals surface area (Å²) < 4.78 is 4.71. The van der Waals surface area contributed by atoms with E-state index in [9.17, 15) is 0 Å². The lowest BCUT2D eigenvalue weighted by Crippen LogP contribution is -2.36. The Bertz CT molecular complexity index is 905. The highest BCUT2D eigenvalue weighted by atomic mass is 32.2. The molecule has 0 aliphatic rings. The van der Waals surface area contributed by atoms with Gasteiger partial charge in [0.05, 0.1) is 11.5 Å². The number of hydrogen-bond acceptors (Lipinski definition) is 1. The van der Waals surface area contributed by atoms with Crippen LogP contribution >= 0.6 is 11.8 Å². The lowest BCUT2D eigenvalue weighted by Gasteiger charge is -2.02. The topological polar surface area (TPSA) is 7.76 Å². The first kappa shape index (κ1) is 16.1. The molecule has 0 saturated heterocycles. The van der Waals surface area contributed by atoms with Crippen LogP contribution in [0.25, 0.3) is 21.8 Å². The number of nitrogens with zero attached hydrogens (tertiary/aromatic N) is 2. The molecule has 0 fully saturated rings. The van der Waals surface area contributed by atoms with Gasteiger partial charge in [0.2, 0.25) is 11.0 Å². The number of hydrogen-bond donors (Lipinski definition) is 0. The molecule has 0 aliphatic heterocycles. The Hall–Kier alpha value is -2.39. The lowest BCUT2D eigenvalue weighted by molar-refractivity contribution is -0.667. The van der Waals surface area contributed by atoms with E-state index in [1.165, 1.54) is 21.8 Å². The number of benzene rings is 2. The van der Waals surface area contributed by atoms with E-state index in [1.54, 1.807) is 0 Å². The van der Waals surface area contributed by atoms with Crippen molar-refractivity contribution in [2.75, 3.05) is 11.5 Å². The number of aromatic nitrogens is 2. The van der Waals surface area contributed by atoms with Gasteiger partial charge in [-0.25, -0.2) is 0 Å². The zero-order chi connectivity index (χ0) is 16.9. The van der Waals surface area contributed by atoms with Crippen LogP contribution in [0, 0.1) is 0 Å². The second-order valence-electron chi connectivity index (χ2n) is 6.13. The average molecular weight is 346 g/mol. The predicted octanol–water partition coefficient (Wildman–Crippen LogP) is 4.00. The third-order valence-electron chi connectivity index (χ3n) is 4.53. The number of pyridine rings is 2. The van der Waals surface area contributed by atoms with E-state index in [0.29, 0.717) is 0 Å². The largest absolute Gasteiger partial charge is 0.212 e. The quantitative estimate of drug-likeness (QED) is 0.378. The summed E-state index contributed by atoms with van der Waals surface area (Å²) in [4.78, 5) is 0. The molecule has 0 atom stereocenters. The van der Waals surface area contributed by atoms with Crippen molar-refractivity contribution < 1.29 is 9.13 Å². The maximum Gasteiger partial charge on any atom is 0.212 e. The average Bonchev–Trinajstić information content (AvgIpc) is 2.68. The first-order valence-electron chi connectivity index (χ1n) is 8.74. The molecule has 4 rings (SSSR count). The molecule has 0 radical (unpaired) electrons. The van der Waals surface area contributed by atoms with Crippen molar-refractivity contribution in [3.8, 4) is 0 Å². The molecule has 4 aromatic rings. The van der Waals surface area contributed by atoms with Gasteiger partial charge in [0, 0.05) is 35.0 Å². The number of aryl methyl sites for hydroxylation is 2. The minimum atomic E-state index is 1.05. The Balaban J connectivity index is 1.35. The van der Waals surface area contributed by atoms with Gasteiger partial charge in [-0.2, -0.15) is 9.13 Å². The number of rotatable bonds is 6. The Morgan fingerprint density at radius 3 is 1.52 bits per heavy atom. The maximum atomic E-state index is 2.35. The molecule has 0 amide bonds. The van der Waals surface area contributed by atoms with Crippen molar-refractivity contribution in [3.63, 3.8) is 0 Å². The predicted molar refractivity (Wildman–Crippen MR) is 106 cm³/mol. The van der Waals surface area contributed by atoms with E-state index in [-0.39, 0.29) is 0 Å². The van der Waals surface area contributed by atoms with Gasteiger partial charge in [-0.15, -0.1) is 11.8 Å². The van der Waals surface area contributed by atoms with Crippen LogP contribution in [-0.4, -0.2) is 11.5 Å². The van der Waals surface area contributed by atoms with Crippen LogP contribution in [-0.2, 0) is 13.1 Å². The molecule has 2 aromatic carbocycles. The number of thioether (sulfide) groups is 1. The van der Waals surface area contributed by atoms with Crippen LogP contribution < -0.4 is 9.13 Å². The second kappa shape index (κ2) is 7.66. The van der Waals surface area contributed by atoms with Crippen LogP contribution in [0.15, 0.2) is 85.2 Å². The highest BCUT2D eigenvalue weighted by Crippen LogP contribution is 2.10. The highest BCUT2D eigenvalue weighted by Gasteiger charge is 2.09. The summed E-state index contributed by atoms with van der Waals surface area (Å²) in [6, 6.07) is 25.8. The van der Waals surface area contributed by atoms with Gasteiger partial charge >= 0.3 is 0 Å². The SMILES string of the molecule is c1ccc2c(c1)ccc[n+]2CCSCC[n+]1cccc2ccccc21. The summed E-state index contributed by atoms with van der Waals surface area (Å²) in [6.45, 7) is 2.10. The van der Waals surface area contributed by atoms with E-state index >= 15 is 0 Å². The van der Waals surface area contributed by atoms with Crippen molar-refractivity contribution in [1.82, 2.24) is 0 Å². The second-order valence-corrected chi connectivity index (χ2v) is 7.36. The van der Waals surface area contributed by atoms with E-state index in [0.717, 1.165) is 24.6 Å². The molecule has 3 heteroatoms. The molecule has 25 heavy (non-hydrogen) atoms. The Morgan fingerprint density at radius 2 is 1.00 bits per heavy atom.